The Morgan fingerprint density at radius 3 is 2.48 bits per heavy atom. The predicted molar refractivity (Wildman–Crippen MR) is 74.4 cm³/mol. The maximum atomic E-state index is 11.7. The number of hydrazine groups is 1. The fourth-order valence-electron chi connectivity index (χ4n) is 1.64. The van der Waals surface area contributed by atoms with E-state index in [0.29, 0.717) is 0 Å². The van der Waals surface area contributed by atoms with Crippen LogP contribution >= 0.6 is 0 Å². The molecule has 2 rings (SSSR count). The third-order valence-electron chi connectivity index (χ3n) is 2.68. The lowest BCUT2D eigenvalue weighted by atomic mass is 10.2. The molecule has 108 valence electrons. The highest BCUT2D eigenvalue weighted by atomic mass is 16.3. The number of carbonyl (C=O) groups is 2. The molecule has 0 aliphatic carbocycles. The number of hydrogen-bond acceptors (Lipinski definition) is 4. The minimum absolute atomic E-state index is 0.0367. The third kappa shape index (κ3) is 3.69. The average Bonchev–Trinajstić information content (AvgIpc) is 2.48. The molecule has 0 atom stereocenters. The number of para-hydroxylation sites is 1. The van der Waals surface area contributed by atoms with Crippen LogP contribution < -0.4 is 16.4 Å². The van der Waals surface area contributed by atoms with E-state index >= 15 is 0 Å². The van der Waals surface area contributed by atoms with Crippen LogP contribution in [-0.2, 0) is 11.3 Å². The zero-order valence-corrected chi connectivity index (χ0v) is 10.9. The van der Waals surface area contributed by atoms with Crippen LogP contribution in [-0.4, -0.2) is 21.5 Å². The van der Waals surface area contributed by atoms with Crippen molar-refractivity contribution in [2.45, 2.75) is 6.54 Å². The Hall–Kier alpha value is -3.09. The molecular weight excluding hydrogens is 274 g/mol. The van der Waals surface area contributed by atoms with Gasteiger partial charge in [-0.25, -0.2) is 0 Å². The van der Waals surface area contributed by atoms with E-state index in [9.17, 15) is 19.5 Å². The van der Waals surface area contributed by atoms with Crippen molar-refractivity contribution in [3.8, 4) is 5.75 Å². The van der Waals surface area contributed by atoms with Gasteiger partial charge in [0.25, 0.3) is 17.4 Å². The van der Waals surface area contributed by atoms with E-state index in [2.05, 4.69) is 10.9 Å². The van der Waals surface area contributed by atoms with Gasteiger partial charge in [0.1, 0.15) is 12.3 Å². The molecule has 1 aromatic carbocycles. The molecule has 0 spiro atoms. The van der Waals surface area contributed by atoms with Crippen LogP contribution in [0.4, 0.5) is 0 Å². The number of aromatic nitrogens is 1. The fourth-order valence-corrected chi connectivity index (χ4v) is 1.64. The maximum Gasteiger partial charge on any atom is 0.273 e. The molecule has 0 aliphatic heterocycles. The van der Waals surface area contributed by atoms with Crippen LogP contribution in [0.15, 0.2) is 53.5 Å². The minimum Gasteiger partial charge on any atom is -0.507 e. The Labute approximate surface area is 119 Å². The molecule has 0 bridgehead atoms. The van der Waals surface area contributed by atoms with Gasteiger partial charge in [-0.2, -0.15) is 0 Å². The van der Waals surface area contributed by atoms with E-state index in [1.54, 1.807) is 24.3 Å². The van der Waals surface area contributed by atoms with Crippen molar-refractivity contribution in [3.63, 3.8) is 0 Å². The highest BCUT2D eigenvalue weighted by Gasteiger charge is 2.11. The van der Waals surface area contributed by atoms with Crippen molar-refractivity contribution in [1.82, 2.24) is 15.4 Å². The zero-order chi connectivity index (χ0) is 15.2. The molecule has 1 heterocycles. The Bertz CT molecular complexity index is 724. The van der Waals surface area contributed by atoms with Gasteiger partial charge in [-0.1, -0.05) is 18.2 Å². The molecule has 0 saturated heterocycles. The van der Waals surface area contributed by atoms with Gasteiger partial charge in [0.05, 0.1) is 5.56 Å². The van der Waals surface area contributed by atoms with Crippen molar-refractivity contribution in [2.24, 2.45) is 0 Å². The van der Waals surface area contributed by atoms with E-state index in [1.165, 1.54) is 29.0 Å². The molecular formula is C14H13N3O4. The summed E-state index contributed by atoms with van der Waals surface area (Å²) in [5.74, 6) is -1.41. The van der Waals surface area contributed by atoms with Gasteiger partial charge >= 0.3 is 0 Å². The summed E-state index contributed by atoms with van der Waals surface area (Å²) >= 11 is 0. The second-order valence-electron chi connectivity index (χ2n) is 4.19. The quantitative estimate of drug-likeness (QED) is 0.692. The number of nitrogens with one attached hydrogen (secondary N) is 2. The number of hydrogen-bond donors (Lipinski definition) is 3. The first kappa shape index (κ1) is 14.3. The summed E-state index contributed by atoms with van der Waals surface area (Å²) in [6.07, 6.45) is 1.47. The number of benzene rings is 1. The summed E-state index contributed by atoms with van der Waals surface area (Å²) in [4.78, 5) is 34.8. The number of aromatic hydroxyl groups is 1. The Morgan fingerprint density at radius 1 is 1.05 bits per heavy atom. The van der Waals surface area contributed by atoms with Crippen LogP contribution in [0.2, 0.25) is 0 Å². The molecule has 2 amide bonds. The van der Waals surface area contributed by atoms with Crippen molar-refractivity contribution >= 4 is 11.8 Å². The maximum absolute atomic E-state index is 11.7. The molecule has 0 aliphatic rings. The number of phenolic OH excluding ortho intramolecular Hbond substituents is 1. The zero-order valence-electron chi connectivity index (χ0n) is 10.9. The largest absolute Gasteiger partial charge is 0.507 e. The minimum atomic E-state index is -0.651. The molecule has 0 fully saturated rings. The fraction of sp³-hybridized carbons (Fsp3) is 0.0714. The Kier molecular flexibility index (Phi) is 4.35. The van der Waals surface area contributed by atoms with E-state index in [1.807, 2.05) is 0 Å². The van der Waals surface area contributed by atoms with Crippen LogP contribution in [0, 0.1) is 0 Å². The first-order chi connectivity index (χ1) is 10.1. The van der Waals surface area contributed by atoms with Gasteiger partial charge in [0, 0.05) is 12.3 Å². The van der Waals surface area contributed by atoms with Gasteiger partial charge < -0.3 is 9.67 Å². The van der Waals surface area contributed by atoms with E-state index in [0.717, 1.165) is 0 Å². The third-order valence-corrected chi connectivity index (χ3v) is 2.68. The SMILES string of the molecule is O=C(Cn1ccccc1=O)NNC(=O)c1ccccc1O. The van der Waals surface area contributed by atoms with Gasteiger partial charge in [-0.15, -0.1) is 0 Å². The van der Waals surface area contributed by atoms with Crippen molar-refractivity contribution in [1.29, 1.82) is 0 Å². The van der Waals surface area contributed by atoms with Crippen LogP contribution in [0.1, 0.15) is 10.4 Å². The standard InChI is InChI=1S/C14H13N3O4/c18-11-6-2-1-5-10(11)14(21)16-15-12(19)9-17-8-4-3-7-13(17)20/h1-8,18H,9H2,(H,15,19)(H,16,21). The van der Waals surface area contributed by atoms with Crippen molar-refractivity contribution in [3.05, 3.63) is 64.6 Å². The molecule has 7 heteroatoms. The van der Waals surface area contributed by atoms with Gasteiger partial charge in [0.2, 0.25) is 0 Å². The first-order valence-electron chi connectivity index (χ1n) is 6.10. The first-order valence-corrected chi connectivity index (χ1v) is 6.10. The lowest BCUT2D eigenvalue weighted by molar-refractivity contribution is -0.122. The summed E-state index contributed by atoms with van der Waals surface area (Å²) < 4.78 is 1.20. The summed E-state index contributed by atoms with van der Waals surface area (Å²) in [5, 5.41) is 9.50. The Balaban J connectivity index is 1.93. The number of pyridine rings is 1. The normalized spacial score (nSPS) is 9.90. The van der Waals surface area contributed by atoms with E-state index < -0.39 is 11.8 Å². The van der Waals surface area contributed by atoms with Gasteiger partial charge in [-0.3, -0.25) is 25.2 Å². The van der Waals surface area contributed by atoms with E-state index in [4.69, 9.17) is 0 Å². The summed E-state index contributed by atoms with van der Waals surface area (Å²) in [5.41, 5.74) is 4.06. The topological polar surface area (TPSA) is 100 Å². The highest BCUT2D eigenvalue weighted by molar-refractivity contribution is 5.97. The lowest BCUT2D eigenvalue weighted by Gasteiger charge is -2.09. The predicted octanol–water partition coefficient (Wildman–Crippen LogP) is 0.0151. The van der Waals surface area contributed by atoms with Crippen LogP contribution in [0.25, 0.3) is 0 Å². The molecule has 2 aromatic rings. The summed E-state index contributed by atoms with van der Waals surface area (Å²) in [6, 6.07) is 10.4. The molecule has 1 aromatic heterocycles. The smallest absolute Gasteiger partial charge is 0.273 e. The number of carbonyl (C=O) groups excluding carboxylic acids is 2. The Morgan fingerprint density at radius 2 is 1.76 bits per heavy atom. The molecule has 0 saturated carbocycles. The lowest BCUT2D eigenvalue weighted by Crippen LogP contribution is -2.44. The van der Waals surface area contributed by atoms with Crippen molar-refractivity contribution in [2.75, 3.05) is 0 Å². The molecule has 0 unspecified atom stereocenters. The summed E-state index contributed by atoms with van der Waals surface area (Å²) in [6.45, 7) is -0.222. The van der Waals surface area contributed by atoms with Crippen LogP contribution in [0.3, 0.4) is 0 Å². The summed E-state index contributed by atoms with van der Waals surface area (Å²) in [7, 11) is 0. The number of amides is 2. The van der Waals surface area contributed by atoms with E-state index in [-0.39, 0.29) is 23.4 Å². The second-order valence-corrected chi connectivity index (χ2v) is 4.19. The van der Waals surface area contributed by atoms with Gasteiger partial charge in [-0.05, 0) is 18.2 Å². The molecule has 3 N–H and O–H groups in total. The number of rotatable bonds is 3. The highest BCUT2D eigenvalue weighted by Crippen LogP contribution is 2.14. The monoisotopic (exact) mass is 287 g/mol. The van der Waals surface area contributed by atoms with Gasteiger partial charge in [0.15, 0.2) is 0 Å². The number of phenols is 1. The second kappa shape index (κ2) is 6.38. The molecule has 0 radical (unpaired) electrons. The molecule has 21 heavy (non-hydrogen) atoms. The average molecular weight is 287 g/mol. The molecule has 7 nitrogen and oxygen atoms in total. The van der Waals surface area contributed by atoms with Crippen LogP contribution in [0.5, 0.6) is 5.75 Å². The van der Waals surface area contributed by atoms with Crippen molar-refractivity contribution < 1.29 is 14.7 Å². The number of nitrogens with zero attached hydrogens (tertiary/aromatic N) is 1.